The van der Waals surface area contributed by atoms with Crippen LogP contribution in [0.15, 0.2) is 29.2 Å². The SMILES string of the molecule is CC1CCN(CCCNC(=O)c2cccc(S(=O)(=O)N3CCCCC3)c2)CC1. The molecule has 0 atom stereocenters. The Balaban J connectivity index is 1.51. The van der Waals surface area contributed by atoms with Crippen LogP contribution in [0.3, 0.4) is 0 Å². The van der Waals surface area contributed by atoms with Gasteiger partial charge in [0, 0.05) is 25.2 Å². The number of piperidine rings is 2. The molecule has 156 valence electrons. The van der Waals surface area contributed by atoms with Crippen molar-refractivity contribution < 1.29 is 13.2 Å². The van der Waals surface area contributed by atoms with Crippen LogP contribution < -0.4 is 5.32 Å². The Morgan fingerprint density at radius 3 is 2.54 bits per heavy atom. The molecule has 2 heterocycles. The van der Waals surface area contributed by atoms with E-state index in [2.05, 4.69) is 17.1 Å². The molecule has 0 bridgehead atoms. The summed E-state index contributed by atoms with van der Waals surface area (Å²) in [5.41, 5.74) is 0.407. The summed E-state index contributed by atoms with van der Waals surface area (Å²) in [6.07, 6.45) is 6.29. The number of nitrogens with zero attached hydrogens (tertiary/aromatic N) is 2. The molecular weight excluding hydrogens is 374 g/mol. The van der Waals surface area contributed by atoms with Gasteiger partial charge < -0.3 is 10.2 Å². The number of amides is 1. The van der Waals surface area contributed by atoms with Gasteiger partial charge in [0.1, 0.15) is 0 Å². The summed E-state index contributed by atoms with van der Waals surface area (Å²) in [7, 11) is -3.52. The van der Waals surface area contributed by atoms with Crippen LogP contribution in [0, 0.1) is 5.92 Å². The molecule has 1 N–H and O–H groups in total. The minimum atomic E-state index is -3.52. The van der Waals surface area contributed by atoms with Gasteiger partial charge in [-0.1, -0.05) is 19.4 Å². The lowest BCUT2D eigenvalue weighted by Crippen LogP contribution is -2.36. The lowest BCUT2D eigenvalue weighted by molar-refractivity contribution is 0.0950. The highest BCUT2D eigenvalue weighted by molar-refractivity contribution is 7.89. The van der Waals surface area contributed by atoms with Crippen molar-refractivity contribution in [2.75, 3.05) is 39.3 Å². The van der Waals surface area contributed by atoms with Crippen LogP contribution in [-0.4, -0.2) is 62.8 Å². The largest absolute Gasteiger partial charge is 0.352 e. The van der Waals surface area contributed by atoms with Gasteiger partial charge in [0.25, 0.3) is 5.91 Å². The predicted octanol–water partition coefficient (Wildman–Crippen LogP) is 2.71. The maximum absolute atomic E-state index is 12.8. The number of rotatable bonds is 7. The second kappa shape index (κ2) is 9.85. The average Bonchev–Trinajstić information content (AvgIpc) is 2.73. The number of nitrogens with one attached hydrogen (secondary N) is 1. The van der Waals surface area contributed by atoms with Crippen molar-refractivity contribution in [3.8, 4) is 0 Å². The first kappa shape index (κ1) is 21.3. The second-order valence-corrected chi connectivity index (χ2v) is 10.1. The zero-order valence-corrected chi connectivity index (χ0v) is 17.7. The molecule has 1 aromatic rings. The molecule has 28 heavy (non-hydrogen) atoms. The molecule has 1 amide bonds. The third-order valence-electron chi connectivity index (χ3n) is 5.86. The predicted molar refractivity (Wildman–Crippen MR) is 111 cm³/mol. The lowest BCUT2D eigenvalue weighted by Gasteiger charge is -2.30. The molecule has 0 spiro atoms. The number of sulfonamides is 1. The average molecular weight is 408 g/mol. The van der Waals surface area contributed by atoms with Crippen molar-refractivity contribution in [1.82, 2.24) is 14.5 Å². The third kappa shape index (κ3) is 5.55. The normalized spacial score (nSPS) is 20.2. The highest BCUT2D eigenvalue weighted by Crippen LogP contribution is 2.21. The third-order valence-corrected chi connectivity index (χ3v) is 7.76. The van der Waals surface area contributed by atoms with Crippen molar-refractivity contribution >= 4 is 15.9 Å². The number of benzene rings is 1. The molecular formula is C21H33N3O3S. The highest BCUT2D eigenvalue weighted by Gasteiger charge is 2.26. The van der Waals surface area contributed by atoms with Gasteiger partial charge in [0.2, 0.25) is 10.0 Å². The maximum Gasteiger partial charge on any atom is 0.251 e. The Morgan fingerprint density at radius 2 is 1.82 bits per heavy atom. The summed E-state index contributed by atoms with van der Waals surface area (Å²) in [6, 6.07) is 6.42. The van der Waals surface area contributed by atoms with Crippen LogP contribution in [0.25, 0.3) is 0 Å². The highest BCUT2D eigenvalue weighted by atomic mass is 32.2. The van der Waals surface area contributed by atoms with E-state index in [4.69, 9.17) is 0 Å². The van der Waals surface area contributed by atoms with Crippen LogP contribution in [0.5, 0.6) is 0 Å². The van der Waals surface area contributed by atoms with Gasteiger partial charge in [0.05, 0.1) is 4.90 Å². The summed E-state index contributed by atoms with van der Waals surface area (Å²) in [5, 5.41) is 2.93. The topological polar surface area (TPSA) is 69.7 Å². The molecule has 0 saturated carbocycles. The molecule has 3 rings (SSSR count). The van der Waals surface area contributed by atoms with E-state index in [1.165, 1.54) is 23.2 Å². The van der Waals surface area contributed by atoms with Gasteiger partial charge in [-0.05, 0) is 75.9 Å². The fraction of sp³-hybridized carbons (Fsp3) is 0.667. The van der Waals surface area contributed by atoms with Gasteiger partial charge in [-0.15, -0.1) is 0 Å². The van der Waals surface area contributed by atoms with Crippen molar-refractivity contribution in [3.05, 3.63) is 29.8 Å². The van der Waals surface area contributed by atoms with E-state index in [0.29, 0.717) is 25.2 Å². The lowest BCUT2D eigenvalue weighted by atomic mass is 9.99. The summed E-state index contributed by atoms with van der Waals surface area (Å²) in [4.78, 5) is 15.1. The zero-order valence-electron chi connectivity index (χ0n) is 16.9. The number of likely N-dealkylation sites (tertiary alicyclic amines) is 1. The molecule has 1 aromatic carbocycles. The van der Waals surface area contributed by atoms with Crippen LogP contribution >= 0.6 is 0 Å². The van der Waals surface area contributed by atoms with Crippen LogP contribution in [0.4, 0.5) is 0 Å². The number of hydrogen-bond donors (Lipinski definition) is 1. The second-order valence-electron chi connectivity index (χ2n) is 8.13. The molecule has 0 unspecified atom stereocenters. The number of carbonyl (C=O) groups is 1. The van der Waals surface area contributed by atoms with Crippen molar-refractivity contribution in [1.29, 1.82) is 0 Å². The van der Waals surface area contributed by atoms with E-state index in [0.717, 1.165) is 51.2 Å². The van der Waals surface area contributed by atoms with E-state index in [1.54, 1.807) is 18.2 Å². The van der Waals surface area contributed by atoms with Crippen molar-refractivity contribution in [2.45, 2.75) is 50.3 Å². The summed E-state index contributed by atoms with van der Waals surface area (Å²) >= 11 is 0. The zero-order chi connectivity index (χ0) is 20.0. The van der Waals surface area contributed by atoms with E-state index in [-0.39, 0.29) is 10.8 Å². The molecule has 6 nitrogen and oxygen atoms in total. The monoisotopic (exact) mass is 407 g/mol. The van der Waals surface area contributed by atoms with Crippen LogP contribution in [0.1, 0.15) is 55.8 Å². The first-order valence-corrected chi connectivity index (χ1v) is 12.0. The fourth-order valence-corrected chi connectivity index (χ4v) is 5.51. The number of carbonyl (C=O) groups excluding carboxylic acids is 1. The molecule has 0 radical (unpaired) electrons. The molecule has 2 saturated heterocycles. The Labute approximate surface area is 169 Å². The fourth-order valence-electron chi connectivity index (χ4n) is 3.94. The summed E-state index contributed by atoms with van der Waals surface area (Å²) < 4.78 is 27.2. The van der Waals surface area contributed by atoms with E-state index in [9.17, 15) is 13.2 Å². The Hall–Kier alpha value is -1.44. The molecule has 7 heteroatoms. The molecule has 2 aliphatic rings. The van der Waals surface area contributed by atoms with E-state index < -0.39 is 10.0 Å². The molecule has 0 aromatic heterocycles. The smallest absolute Gasteiger partial charge is 0.251 e. The summed E-state index contributed by atoms with van der Waals surface area (Å²) in [6.45, 7) is 7.32. The first-order valence-electron chi connectivity index (χ1n) is 10.6. The van der Waals surface area contributed by atoms with E-state index in [1.807, 2.05) is 0 Å². The molecule has 2 fully saturated rings. The first-order chi connectivity index (χ1) is 13.5. The summed E-state index contributed by atoms with van der Waals surface area (Å²) in [5.74, 6) is 0.618. The minimum Gasteiger partial charge on any atom is -0.352 e. The standard InChI is InChI=1S/C21H33N3O3S/c1-18-9-15-23(16-10-18)12-6-11-22-21(25)19-7-5-8-20(17-19)28(26,27)24-13-3-2-4-14-24/h5,7-8,17-18H,2-4,6,9-16H2,1H3,(H,22,25). The maximum atomic E-state index is 12.8. The van der Waals surface area contributed by atoms with Crippen LogP contribution in [-0.2, 0) is 10.0 Å². The minimum absolute atomic E-state index is 0.206. The van der Waals surface area contributed by atoms with Gasteiger partial charge in [-0.25, -0.2) is 8.42 Å². The Kier molecular flexibility index (Phi) is 7.48. The van der Waals surface area contributed by atoms with Gasteiger partial charge in [-0.2, -0.15) is 4.31 Å². The number of hydrogen-bond acceptors (Lipinski definition) is 4. The van der Waals surface area contributed by atoms with Gasteiger partial charge in [-0.3, -0.25) is 4.79 Å². The van der Waals surface area contributed by atoms with Gasteiger partial charge >= 0.3 is 0 Å². The Morgan fingerprint density at radius 1 is 1.11 bits per heavy atom. The Bertz CT molecular complexity index is 752. The molecule has 0 aliphatic carbocycles. The quantitative estimate of drug-likeness (QED) is 0.706. The molecule has 2 aliphatic heterocycles. The van der Waals surface area contributed by atoms with Crippen molar-refractivity contribution in [3.63, 3.8) is 0 Å². The van der Waals surface area contributed by atoms with Crippen LogP contribution in [0.2, 0.25) is 0 Å². The van der Waals surface area contributed by atoms with Crippen molar-refractivity contribution in [2.24, 2.45) is 5.92 Å². The van der Waals surface area contributed by atoms with Gasteiger partial charge in [0.15, 0.2) is 0 Å². The van der Waals surface area contributed by atoms with E-state index >= 15 is 0 Å².